The maximum Gasteiger partial charge on any atom is 0.133 e. The van der Waals surface area contributed by atoms with E-state index in [2.05, 4.69) is 29.8 Å². The van der Waals surface area contributed by atoms with Crippen molar-refractivity contribution in [3.05, 3.63) is 28.0 Å². The molecule has 2 unspecified atom stereocenters. The highest BCUT2D eigenvalue weighted by Gasteiger charge is 2.43. The van der Waals surface area contributed by atoms with Gasteiger partial charge in [-0.3, -0.25) is 0 Å². The summed E-state index contributed by atoms with van der Waals surface area (Å²) in [5.74, 6) is 2.22. The summed E-state index contributed by atoms with van der Waals surface area (Å²) in [5.41, 5.74) is 0.691. The number of benzene rings is 1. The minimum absolute atomic E-state index is 0.0948. The van der Waals surface area contributed by atoms with E-state index in [1.807, 2.05) is 0 Å². The topological polar surface area (TPSA) is 20.2 Å². The molecule has 2 aliphatic rings. The van der Waals surface area contributed by atoms with Gasteiger partial charge in [0.25, 0.3) is 0 Å². The molecule has 3 rings (SSSR count). The Morgan fingerprint density at radius 1 is 1.20 bits per heavy atom. The number of phenols is 1. The molecule has 110 valence electrons. The second-order valence-electron chi connectivity index (χ2n) is 7.30. The molecule has 0 spiro atoms. The molecular weight excluding hydrogens is 319 g/mol. The summed E-state index contributed by atoms with van der Waals surface area (Å²) >= 11 is 3.27. The molecule has 1 N–H and O–H groups in total. The van der Waals surface area contributed by atoms with Gasteiger partial charge in [-0.25, -0.2) is 4.39 Å². The first-order valence-electron chi connectivity index (χ1n) is 7.56. The average molecular weight is 341 g/mol. The lowest BCUT2D eigenvalue weighted by Crippen LogP contribution is -2.38. The first-order valence-corrected chi connectivity index (χ1v) is 8.35. The molecule has 2 atom stereocenters. The van der Waals surface area contributed by atoms with Crippen LogP contribution in [0.25, 0.3) is 0 Å². The van der Waals surface area contributed by atoms with Gasteiger partial charge in [0.1, 0.15) is 11.6 Å². The smallest absolute Gasteiger partial charge is 0.133 e. The van der Waals surface area contributed by atoms with E-state index in [1.54, 1.807) is 0 Å². The Kier molecular flexibility index (Phi) is 3.60. The van der Waals surface area contributed by atoms with Crippen molar-refractivity contribution in [1.29, 1.82) is 0 Å². The van der Waals surface area contributed by atoms with Crippen molar-refractivity contribution >= 4 is 15.9 Å². The van der Waals surface area contributed by atoms with Gasteiger partial charge in [0.15, 0.2) is 0 Å². The maximum atomic E-state index is 13.7. The second kappa shape index (κ2) is 5.01. The van der Waals surface area contributed by atoms with E-state index < -0.39 is 0 Å². The highest BCUT2D eigenvalue weighted by atomic mass is 79.9. The van der Waals surface area contributed by atoms with Crippen LogP contribution in [0, 0.1) is 23.6 Å². The Labute approximate surface area is 128 Å². The molecule has 2 fully saturated rings. The van der Waals surface area contributed by atoms with Gasteiger partial charge in [0.2, 0.25) is 0 Å². The van der Waals surface area contributed by atoms with E-state index in [0.717, 1.165) is 36.2 Å². The predicted molar refractivity (Wildman–Crippen MR) is 82.3 cm³/mol. The molecule has 2 aliphatic carbocycles. The molecule has 20 heavy (non-hydrogen) atoms. The monoisotopic (exact) mass is 340 g/mol. The molecule has 2 bridgehead atoms. The average Bonchev–Trinajstić information content (AvgIpc) is 2.31. The first-order chi connectivity index (χ1) is 9.37. The molecule has 3 heteroatoms. The lowest BCUT2D eigenvalue weighted by Gasteiger charge is -2.47. The van der Waals surface area contributed by atoms with Crippen LogP contribution in [-0.2, 0) is 5.41 Å². The molecule has 0 heterocycles. The van der Waals surface area contributed by atoms with Crippen molar-refractivity contribution in [2.24, 2.45) is 17.8 Å². The highest BCUT2D eigenvalue weighted by Crippen LogP contribution is 2.53. The Balaban J connectivity index is 1.97. The van der Waals surface area contributed by atoms with Crippen molar-refractivity contribution in [3.63, 3.8) is 0 Å². The Bertz CT molecular complexity index is 510. The molecule has 2 saturated carbocycles. The van der Waals surface area contributed by atoms with Crippen LogP contribution in [0.15, 0.2) is 16.6 Å². The fraction of sp³-hybridized carbons (Fsp3) is 0.647. The Hall–Kier alpha value is -0.570. The van der Waals surface area contributed by atoms with Crippen molar-refractivity contribution in [3.8, 4) is 5.75 Å². The summed E-state index contributed by atoms with van der Waals surface area (Å²) in [4.78, 5) is 0. The standard InChI is InChI=1S/C17H22BrFO/c1-10-3-11-5-12(4-10)9-17(2,8-11)14-6-13(19)7-15(18)16(14)20/h6-7,10-12,20H,3-5,8-9H2,1-2H3. The van der Waals surface area contributed by atoms with Gasteiger partial charge in [-0.2, -0.15) is 0 Å². The number of hydrogen-bond donors (Lipinski definition) is 1. The lowest BCUT2D eigenvalue weighted by molar-refractivity contribution is 0.0885. The molecule has 0 amide bonds. The van der Waals surface area contributed by atoms with Crippen LogP contribution < -0.4 is 0 Å². The van der Waals surface area contributed by atoms with Gasteiger partial charge in [-0.15, -0.1) is 0 Å². The van der Waals surface area contributed by atoms with Gasteiger partial charge in [0.05, 0.1) is 4.47 Å². The third-order valence-electron chi connectivity index (χ3n) is 5.29. The van der Waals surface area contributed by atoms with Gasteiger partial charge < -0.3 is 5.11 Å². The van der Waals surface area contributed by atoms with Crippen molar-refractivity contribution in [1.82, 2.24) is 0 Å². The molecule has 0 aliphatic heterocycles. The SMILES string of the molecule is CC1CC2CC(C1)CC(C)(c1cc(F)cc(Br)c1O)C2. The summed E-state index contributed by atoms with van der Waals surface area (Å²) in [6.45, 7) is 4.54. The van der Waals surface area contributed by atoms with E-state index in [1.165, 1.54) is 31.4 Å². The molecule has 1 nitrogen and oxygen atoms in total. The number of hydrogen-bond acceptors (Lipinski definition) is 1. The van der Waals surface area contributed by atoms with E-state index >= 15 is 0 Å². The first kappa shape index (κ1) is 14.4. The number of phenolic OH excluding ortho intramolecular Hbond substituents is 1. The van der Waals surface area contributed by atoms with E-state index in [-0.39, 0.29) is 17.0 Å². The zero-order valence-corrected chi connectivity index (χ0v) is 13.7. The summed E-state index contributed by atoms with van der Waals surface area (Å²) in [5, 5.41) is 10.3. The van der Waals surface area contributed by atoms with Gasteiger partial charge in [0, 0.05) is 5.56 Å². The third-order valence-corrected chi connectivity index (χ3v) is 5.90. The van der Waals surface area contributed by atoms with E-state index in [9.17, 15) is 9.50 Å². The number of rotatable bonds is 1. The minimum Gasteiger partial charge on any atom is -0.506 e. The molecule has 0 radical (unpaired) electrons. The predicted octanol–water partition coefficient (Wildman–Crippen LogP) is 5.40. The van der Waals surface area contributed by atoms with Crippen LogP contribution in [0.2, 0.25) is 0 Å². The van der Waals surface area contributed by atoms with Gasteiger partial charge in [-0.05, 0) is 83.3 Å². The number of halogens is 2. The van der Waals surface area contributed by atoms with Crippen molar-refractivity contribution in [2.45, 2.75) is 51.4 Å². The summed E-state index contributed by atoms with van der Waals surface area (Å²) in [7, 11) is 0. The molecule has 1 aromatic carbocycles. The Morgan fingerprint density at radius 3 is 2.40 bits per heavy atom. The minimum atomic E-state index is -0.269. The fourth-order valence-electron chi connectivity index (χ4n) is 4.84. The number of fused-ring (bicyclic) bond motifs is 2. The zero-order valence-electron chi connectivity index (χ0n) is 12.1. The van der Waals surface area contributed by atoms with Crippen LogP contribution >= 0.6 is 15.9 Å². The second-order valence-corrected chi connectivity index (χ2v) is 8.15. The highest BCUT2D eigenvalue weighted by molar-refractivity contribution is 9.10. The summed E-state index contributed by atoms with van der Waals surface area (Å²) < 4.78 is 14.2. The quantitative estimate of drug-likeness (QED) is 0.725. The fourth-order valence-corrected chi connectivity index (χ4v) is 5.27. The largest absolute Gasteiger partial charge is 0.506 e. The zero-order chi connectivity index (χ0) is 14.5. The lowest BCUT2D eigenvalue weighted by atomic mass is 9.57. The van der Waals surface area contributed by atoms with E-state index in [4.69, 9.17) is 0 Å². The van der Waals surface area contributed by atoms with Crippen molar-refractivity contribution < 1.29 is 9.50 Å². The van der Waals surface area contributed by atoms with E-state index in [0.29, 0.717) is 4.47 Å². The van der Waals surface area contributed by atoms with Crippen LogP contribution in [0.3, 0.4) is 0 Å². The summed E-state index contributed by atoms with van der Waals surface area (Å²) in [6, 6.07) is 2.87. The molecule has 0 saturated heterocycles. The molecule has 1 aromatic rings. The Morgan fingerprint density at radius 2 is 1.80 bits per heavy atom. The number of aromatic hydroxyl groups is 1. The maximum absolute atomic E-state index is 13.7. The van der Waals surface area contributed by atoms with Gasteiger partial charge in [-0.1, -0.05) is 13.8 Å². The summed E-state index contributed by atoms with van der Waals surface area (Å²) in [6.07, 6.45) is 6.01. The normalized spacial score (nSPS) is 36.9. The van der Waals surface area contributed by atoms with Crippen LogP contribution in [0.5, 0.6) is 5.75 Å². The van der Waals surface area contributed by atoms with Crippen LogP contribution in [0.4, 0.5) is 4.39 Å². The van der Waals surface area contributed by atoms with Crippen molar-refractivity contribution in [2.75, 3.05) is 0 Å². The van der Waals surface area contributed by atoms with Crippen LogP contribution in [-0.4, -0.2) is 5.11 Å². The van der Waals surface area contributed by atoms with Gasteiger partial charge >= 0.3 is 0 Å². The molecule has 0 aromatic heterocycles. The van der Waals surface area contributed by atoms with Crippen LogP contribution in [0.1, 0.15) is 51.5 Å². The third kappa shape index (κ3) is 2.49. The molecular formula is C17H22BrFO.